The van der Waals surface area contributed by atoms with Crippen molar-refractivity contribution in [3.05, 3.63) is 46.9 Å². The molecule has 2 saturated heterocycles. The van der Waals surface area contributed by atoms with Gasteiger partial charge in [0.15, 0.2) is 5.65 Å². The first-order valence-corrected chi connectivity index (χ1v) is 9.90. The Hall–Kier alpha value is -2.71. The molecule has 1 aromatic carbocycles. The molecular weight excluding hydrogens is 356 g/mol. The maximum Gasteiger partial charge on any atom is 0.263 e. The van der Waals surface area contributed by atoms with Crippen molar-refractivity contribution < 1.29 is 4.74 Å². The average molecular weight is 380 g/mol. The molecule has 28 heavy (non-hydrogen) atoms. The molecule has 0 saturated carbocycles. The monoisotopic (exact) mass is 380 g/mol. The highest BCUT2D eigenvalue weighted by atomic mass is 16.5. The number of nitrogens with one attached hydrogen (secondary N) is 2. The number of piperidine rings is 1. The fourth-order valence-corrected chi connectivity index (χ4v) is 4.16. The third-order valence-electron chi connectivity index (χ3n) is 5.73. The van der Waals surface area contributed by atoms with Crippen LogP contribution in [0.25, 0.3) is 16.7 Å². The molecule has 0 radical (unpaired) electrons. The van der Waals surface area contributed by atoms with E-state index in [9.17, 15) is 4.79 Å². The Bertz CT molecular complexity index is 1000. The number of aromatic amines is 1. The Morgan fingerprint density at radius 2 is 1.96 bits per heavy atom. The second-order valence-corrected chi connectivity index (χ2v) is 7.52. The first-order valence-electron chi connectivity index (χ1n) is 9.90. The van der Waals surface area contributed by atoms with Gasteiger partial charge in [0.25, 0.3) is 5.56 Å². The lowest BCUT2D eigenvalue weighted by Gasteiger charge is -2.35. The van der Waals surface area contributed by atoms with Crippen LogP contribution in [0.4, 0.5) is 5.95 Å². The third kappa shape index (κ3) is 3.29. The molecule has 3 aromatic rings. The number of aromatic nitrogens is 4. The van der Waals surface area contributed by atoms with Crippen molar-refractivity contribution in [1.82, 2.24) is 24.6 Å². The lowest BCUT2D eigenvalue weighted by atomic mass is 10.0. The molecule has 2 aliphatic heterocycles. The van der Waals surface area contributed by atoms with Crippen molar-refractivity contribution in [2.24, 2.45) is 0 Å². The summed E-state index contributed by atoms with van der Waals surface area (Å²) in [6.07, 6.45) is 4.75. The molecule has 1 atom stereocenters. The van der Waals surface area contributed by atoms with Crippen LogP contribution in [0.5, 0.6) is 0 Å². The van der Waals surface area contributed by atoms with Gasteiger partial charge in [0.1, 0.15) is 5.39 Å². The van der Waals surface area contributed by atoms with E-state index in [2.05, 4.69) is 25.3 Å². The zero-order valence-corrected chi connectivity index (χ0v) is 15.7. The fraction of sp³-hybridized carbons (Fsp3) is 0.450. The molecule has 1 unspecified atom stereocenters. The highest BCUT2D eigenvalue weighted by Crippen LogP contribution is 2.21. The quantitative estimate of drug-likeness (QED) is 0.717. The summed E-state index contributed by atoms with van der Waals surface area (Å²) in [5.74, 6) is 0.512. The molecule has 0 bridgehead atoms. The van der Waals surface area contributed by atoms with Gasteiger partial charge in [0.05, 0.1) is 18.5 Å². The van der Waals surface area contributed by atoms with Gasteiger partial charge in [-0.2, -0.15) is 10.1 Å². The maximum absolute atomic E-state index is 12.5. The Morgan fingerprint density at radius 1 is 1.14 bits per heavy atom. The second kappa shape index (κ2) is 7.37. The Balaban J connectivity index is 1.34. The van der Waals surface area contributed by atoms with Crippen molar-refractivity contribution in [2.75, 3.05) is 31.6 Å². The van der Waals surface area contributed by atoms with E-state index in [4.69, 9.17) is 4.74 Å². The number of rotatable bonds is 4. The van der Waals surface area contributed by atoms with Crippen LogP contribution >= 0.6 is 0 Å². The van der Waals surface area contributed by atoms with Gasteiger partial charge in [-0.15, -0.1) is 0 Å². The van der Waals surface area contributed by atoms with E-state index in [1.165, 1.54) is 0 Å². The average Bonchev–Trinajstić information content (AvgIpc) is 3.40. The van der Waals surface area contributed by atoms with Gasteiger partial charge in [-0.3, -0.25) is 14.7 Å². The summed E-state index contributed by atoms with van der Waals surface area (Å²) in [5, 5.41) is 8.28. The number of hydrogen-bond acceptors (Lipinski definition) is 6. The van der Waals surface area contributed by atoms with E-state index in [1.54, 1.807) is 10.9 Å². The summed E-state index contributed by atoms with van der Waals surface area (Å²) in [5.41, 5.74) is 1.28. The number of nitrogens with zero attached hydrogens (tertiary/aromatic N) is 4. The molecule has 0 aliphatic carbocycles. The SMILES string of the molecule is O=c1[nH]c(NC2CCN(C3CCOC3)CC2)nc2c1cnn2-c1ccccc1. The van der Waals surface area contributed by atoms with E-state index >= 15 is 0 Å². The number of anilines is 1. The van der Waals surface area contributed by atoms with Crippen LogP contribution in [-0.4, -0.2) is 63.0 Å². The minimum absolute atomic E-state index is 0.171. The van der Waals surface area contributed by atoms with E-state index in [0.29, 0.717) is 29.1 Å². The van der Waals surface area contributed by atoms with Crippen molar-refractivity contribution >= 4 is 17.0 Å². The van der Waals surface area contributed by atoms with Crippen LogP contribution in [0.1, 0.15) is 19.3 Å². The van der Waals surface area contributed by atoms with Gasteiger partial charge >= 0.3 is 0 Å². The summed E-state index contributed by atoms with van der Waals surface area (Å²) in [6.45, 7) is 3.82. The van der Waals surface area contributed by atoms with Crippen LogP contribution < -0.4 is 10.9 Å². The number of hydrogen-bond donors (Lipinski definition) is 2. The van der Waals surface area contributed by atoms with Gasteiger partial charge in [-0.05, 0) is 31.4 Å². The number of fused-ring (bicyclic) bond motifs is 1. The molecule has 8 heteroatoms. The number of ether oxygens (including phenoxy) is 1. The second-order valence-electron chi connectivity index (χ2n) is 7.52. The van der Waals surface area contributed by atoms with Gasteiger partial charge in [-0.1, -0.05) is 18.2 Å². The summed E-state index contributed by atoms with van der Waals surface area (Å²) in [6, 6.07) is 10.6. The molecule has 2 N–H and O–H groups in total. The molecule has 8 nitrogen and oxygen atoms in total. The summed E-state index contributed by atoms with van der Waals surface area (Å²) >= 11 is 0. The third-order valence-corrected chi connectivity index (χ3v) is 5.73. The zero-order valence-electron chi connectivity index (χ0n) is 15.7. The first kappa shape index (κ1) is 17.4. The Morgan fingerprint density at radius 3 is 2.71 bits per heavy atom. The number of benzene rings is 1. The van der Waals surface area contributed by atoms with Crippen molar-refractivity contribution in [2.45, 2.75) is 31.3 Å². The van der Waals surface area contributed by atoms with Crippen LogP contribution in [0, 0.1) is 0 Å². The molecule has 146 valence electrons. The molecular formula is C20H24N6O2. The van der Waals surface area contributed by atoms with Crippen LogP contribution in [0.3, 0.4) is 0 Å². The van der Waals surface area contributed by atoms with Crippen LogP contribution in [0.2, 0.25) is 0 Å². The maximum atomic E-state index is 12.5. The highest BCUT2D eigenvalue weighted by Gasteiger charge is 2.28. The minimum Gasteiger partial charge on any atom is -0.380 e. The molecule has 0 amide bonds. The van der Waals surface area contributed by atoms with Gasteiger partial charge in [0.2, 0.25) is 5.95 Å². The topological polar surface area (TPSA) is 88.1 Å². The first-order chi connectivity index (χ1) is 13.8. The van der Waals surface area contributed by atoms with Crippen LogP contribution in [0.15, 0.2) is 41.3 Å². The normalized spacial score (nSPS) is 21.4. The predicted molar refractivity (Wildman–Crippen MR) is 107 cm³/mol. The summed E-state index contributed by atoms with van der Waals surface area (Å²) in [7, 11) is 0. The van der Waals surface area contributed by atoms with Crippen LogP contribution in [-0.2, 0) is 4.74 Å². The Kier molecular flexibility index (Phi) is 4.58. The fourth-order valence-electron chi connectivity index (χ4n) is 4.16. The van der Waals surface area contributed by atoms with Gasteiger partial charge in [-0.25, -0.2) is 4.68 Å². The smallest absolute Gasteiger partial charge is 0.263 e. The van der Waals surface area contributed by atoms with E-state index < -0.39 is 0 Å². The molecule has 2 fully saturated rings. The largest absolute Gasteiger partial charge is 0.380 e. The van der Waals surface area contributed by atoms with Gasteiger partial charge in [0, 0.05) is 31.8 Å². The van der Waals surface area contributed by atoms with E-state index in [1.807, 2.05) is 30.3 Å². The molecule has 2 aliphatic rings. The molecule has 5 rings (SSSR count). The molecule has 2 aromatic heterocycles. The van der Waals surface area contributed by atoms with Crippen molar-refractivity contribution in [3.63, 3.8) is 0 Å². The number of para-hydroxylation sites is 1. The molecule has 0 spiro atoms. The highest BCUT2D eigenvalue weighted by molar-refractivity contribution is 5.76. The summed E-state index contributed by atoms with van der Waals surface area (Å²) in [4.78, 5) is 22.6. The van der Waals surface area contributed by atoms with Crippen molar-refractivity contribution in [3.8, 4) is 5.69 Å². The summed E-state index contributed by atoms with van der Waals surface area (Å²) < 4.78 is 7.22. The lowest BCUT2D eigenvalue weighted by molar-refractivity contribution is 0.124. The minimum atomic E-state index is -0.171. The number of H-pyrrole nitrogens is 1. The van der Waals surface area contributed by atoms with Crippen molar-refractivity contribution in [1.29, 1.82) is 0 Å². The standard InChI is InChI=1S/C20H24N6O2/c27-19-17-12-21-26(15-4-2-1-3-5-15)18(17)23-20(24-19)22-14-6-9-25(10-7-14)16-8-11-28-13-16/h1-5,12,14,16H,6-11,13H2,(H2,22,23,24,27). The lowest BCUT2D eigenvalue weighted by Crippen LogP contribution is -2.45. The zero-order chi connectivity index (χ0) is 18.9. The van der Waals surface area contributed by atoms with Gasteiger partial charge < -0.3 is 10.1 Å². The van der Waals surface area contributed by atoms with E-state index in [-0.39, 0.29) is 5.56 Å². The predicted octanol–water partition coefficient (Wildman–Crippen LogP) is 1.77. The molecule has 4 heterocycles. The van der Waals surface area contributed by atoms with E-state index in [0.717, 1.165) is 51.3 Å². The number of likely N-dealkylation sites (tertiary alicyclic amines) is 1. The Labute approximate surface area is 162 Å².